The summed E-state index contributed by atoms with van der Waals surface area (Å²) in [5.41, 5.74) is 0.199. The SMILES string of the molecule is O=C([C@@H]1CCCN1)N(Cc1ccnc(OCCC(F)(F)F)c1)S(=O)(=O)c1ccc(F)c(F)c1. The number of amides is 1. The van der Waals surface area contributed by atoms with Gasteiger partial charge in [-0.25, -0.2) is 26.5 Å². The number of hydrogen-bond acceptors (Lipinski definition) is 6. The molecule has 2 aromatic rings. The Balaban J connectivity index is 1.88. The Morgan fingerprint density at radius 2 is 1.94 bits per heavy atom. The normalized spacial score (nSPS) is 16.6. The number of ether oxygens (including phenoxy) is 1. The maximum Gasteiger partial charge on any atom is 0.392 e. The molecule has 0 saturated carbocycles. The summed E-state index contributed by atoms with van der Waals surface area (Å²) in [6.45, 7) is -0.708. The second kappa shape index (κ2) is 10.00. The van der Waals surface area contributed by atoms with Gasteiger partial charge < -0.3 is 10.1 Å². The highest BCUT2D eigenvalue weighted by molar-refractivity contribution is 7.89. The first-order chi connectivity index (χ1) is 15.5. The second-order valence-electron chi connectivity index (χ2n) is 7.29. The number of hydrogen-bond donors (Lipinski definition) is 1. The fourth-order valence-corrected chi connectivity index (χ4v) is 4.61. The average molecular weight is 493 g/mol. The highest BCUT2D eigenvalue weighted by atomic mass is 32.2. The van der Waals surface area contributed by atoms with E-state index in [2.05, 4.69) is 10.3 Å². The van der Waals surface area contributed by atoms with Gasteiger partial charge in [0, 0.05) is 12.3 Å². The van der Waals surface area contributed by atoms with Gasteiger partial charge in [-0.15, -0.1) is 0 Å². The van der Waals surface area contributed by atoms with Crippen molar-refractivity contribution in [2.45, 2.75) is 42.9 Å². The van der Waals surface area contributed by atoms with Crippen molar-refractivity contribution in [3.05, 3.63) is 53.7 Å². The number of pyridine rings is 1. The standard InChI is InChI=1S/C20H20F5N3O4S/c21-15-4-3-14(11-16(15)22)33(30,31)28(19(29)17-2-1-7-26-17)12-13-5-8-27-18(10-13)32-9-6-20(23,24)25/h3-5,8,10-11,17,26H,1-2,6-7,9,12H2/t17-/m0/s1. The zero-order valence-electron chi connectivity index (χ0n) is 17.1. The van der Waals surface area contributed by atoms with Gasteiger partial charge in [0.1, 0.15) is 0 Å². The molecular weight excluding hydrogens is 473 g/mol. The molecule has 1 aromatic carbocycles. The van der Waals surface area contributed by atoms with Crippen LogP contribution in [-0.4, -0.2) is 49.0 Å². The van der Waals surface area contributed by atoms with E-state index in [0.717, 1.165) is 6.07 Å². The number of aromatic nitrogens is 1. The Bertz CT molecular complexity index is 1110. The first kappa shape index (κ1) is 24.8. The van der Waals surface area contributed by atoms with Crippen LogP contribution < -0.4 is 10.1 Å². The minimum atomic E-state index is -4.60. The van der Waals surface area contributed by atoms with Gasteiger partial charge in [0.05, 0.1) is 30.5 Å². The number of nitrogens with one attached hydrogen (secondary N) is 1. The molecule has 13 heteroatoms. The molecule has 1 amide bonds. The predicted octanol–water partition coefficient (Wildman–Crippen LogP) is 3.16. The van der Waals surface area contributed by atoms with E-state index < -0.39 is 64.3 Å². The fourth-order valence-electron chi connectivity index (χ4n) is 3.18. The maximum atomic E-state index is 13.7. The van der Waals surface area contributed by atoms with Crippen LogP contribution in [0.5, 0.6) is 5.88 Å². The molecule has 33 heavy (non-hydrogen) atoms. The third-order valence-electron chi connectivity index (χ3n) is 4.84. The molecule has 2 heterocycles. The zero-order valence-corrected chi connectivity index (χ0v) is 17.9. The van der Waals surface area contributed by atoms with E-state index in [-0.39, 0.29) is 11.4 Å². The molecule has 3 rings (SSSR count). The molecular formula is C20H20F5N3O4S. The second-order valence-corrected chi connectivity index (χ2v) is 9.15. The molecule has 1 saturated heterocycles. The Hall–Kier alpha value is -2.80. The lowest BCUT2D eigenvalue weighted by atomic mass is 10.2. The lowest BCUT2D eigenvalue weighted by Gasteiger charge is -2.25. The highest BCUT2D eigenvalue weighted by Gasteiger charge is 2.36. The van der Waals surface area contributed by atoms with Gasteiger partial charge in [-0.3, -0.25) is 4.79 Å². The lowest BCUT2D eigenvalue weighted by Crippen LogP contribution is -2.46. The number of halogens is 5. The summed E-state index contributed by atoms with van der Waals surface area (Å²) in [5.74, 6) is -3.63. The summed E-state index contributed by atoms with van der Waals surface area (Å²) in [5, 5.41) is 2.89. The van der Waals surface area contributed by atoms with Crippen LogP contribution in [0.4, 0.5) is 22.0 Å². The zero-order chi connectivity index (χ0) is 24.2. The van der Waals surface area contributed by atoms with Crippen LogP contribution in [0.1, 0.15) is 24.8 Å². The van der Waals surface area contributed by atoms with Crippen LogP contribution in [0.2, 0.25) is 0 Å². The van der Waals surface area contributed by atoms with E-state index in [9.17, 15) is 35.2 Å². The van der Waals surface area contributed by atoms with Crippen LogP contribution in [0.15, 0.2) is 41.4 Å². The van der Waals surface area contributed by atoms with Crippen molar-refractivity contribution in [3.63, 3.8) is 0 Å². The Labute approximate surface area is 186 Å². The summed E-state index contributed by atoms with van der Waals surface area (Å²) >= 11 is 0. The summed E-state index contributed by atoms with van der Waals surface area (Å²) in [6.07, 6.45) is -3.42. The van der Waals surface area contributed by atoms with Crippen molar-refractivity contribution in [1.82, 2.24) is 14.6 Å². The van der Waals surface area contributed by atoms with E-state index >= 15 is 0 Å². The molecule has 1 aliphatic rings. The van der Waals surface area contributed by atoms with E-state index in [1.165, 1.54) is 18.3 Å². The fraction of sp³-hybridized carbons (Fsp3) is 0.400. The van der Waals surface area contributed by atoms with Crippen molar-refractivity contribution in [2.75, 3.05) is 13.2 Å². The first-order valence-electron chi connectivity index (χ1n) is 9.87. The summed E-state index contributed by atoms with van der Waals surface area (Å²) in [4.78, 5) is 16.2. The maximum absolute atomic E-state index is 13.7. The number of nitrogens with zero attached hydrogens (tertiary/aromatic N) is 2. The molecule has 0 aliphatic carbocycles. The third kappa shape index (κ3) is 6.38. The van der Waals surface area contributed by atoms with Crippen molar-refractivity contribution in [2.24, 2.45) is 0 Å². The number of benzene rings is 1. The van der Waals surface area contributed by atoms with Crippen LogP contribution in [-0.2, 0) is 21.4 Å². The van der Waals surface area contributed by atoms with Crippen molar-refractivity contribution in [3.8, 4) is 5.88 Å². The van der Waals surface area contributed by atoms with E-state index in [0.29, 0.717) is 35.8 Å². The molecule has 0 unspecified atom stereocenters. The van der Waals surface area contributed by atoms with Crippen LogP contribution in [0.25, 0.3) is 0 Å². The van der Waals surface area contributed by atoms with E-state index in [4.69, 9.17) is 4.74 Å². The third-order valence-corrected chi connectivity index (χ3v) is 6.58. The van der Waals surface area contributed by atoms with Crippen LogP contribution in [0, 0.1) is 11.6 Å². The predicted molar refractivity (Wildman–Crippen MR) is 106 cm³/mol. The minimum Gasteiger partial charge on any atom is -0.477 e. The van der Waals surface area contributed by atoms with E-state index in [1.54, 1.807) is 0 Å². The Morgan fingerprint density at radius 1 is 1.18 bits per heavy atom. The van der Waals surface area contributed by atoms with Gasteiger partial charge in [-0.2, -0.15) is 13.2 Å². The van der Waals surface area contributed by atoms with Crippen molar-refractivity contribution < 1.29 is 39.9 Å². The topological polar surface area (TPSA) is 88.6 Å². The lowest BCUT2D eigenvalue weighted by molar-refractivity contribution is -0.139. The molecule has 180 valence electrons. The summed E-state index contributed by atoms with van der Waals surface area (Å²) < 4.78 is 95.8. The molecule has 0 radical (unpaired) electrons. The van der Waals surface area contributed by atoms with Gasteiger partial charge in [0.25, 0.3) is 15.9 Å². The van der Waals surface area contributed by atoms with Gasteiger partial charge >= 0.3 is 6.18 Å². The molecule has 1 aromatic heterocycles. The molecule has 7 nitrogen and oxygen atoms in total. The number of carbonyl (C=O) groups is 1. The molecule has 1 atom stereocenters. The molecule has 1 fully saturated rings. The Morgan fingerprint density at radius 3 is 2.58 bits per heavy atom. The number of alkyl halides is 3. The van der Waals surface area contributed by atoms with E-state index in [1.807, 2.05) is 0 Å². The first-order valence-corrected chi connectivity index (χ1v) is 11.3. The van der Waals surface area contributed by atoms with Crippen molar-refractivity contribution >= 4 is 15.9 Å². The summed E-state index contributed by atoms with van der Waals surface area (Å²) in [6, 6.07) is 3.73. The largest absolute Gasteiger partial charge is 0.477 e. The molecule has 0 spiro atoms. The van der Waals surface area contributed by atoms with Crippen LogP contribution in [0.3, 0.4) is 0 Å². The van der Waals surface area contributed by atoms with Crippen molar-refractivity contribution in [1.29, 1.82) is 0 Å². The number of carbonyl (C=O) groups excluding carboxylic acids is 1. The van der Waals surface area contributed by atoms with Crippen LogP contribution >= 0.6 is 0 Å². The molecule has 0 bridgehead atoms. The van der Waals surface area contributed by atoms with Gasteiger partial charge in [0.2, 0.25) is 5.88 Å². The quantitative estimate of drug-likeness (QED) is 0.569. The monoisotopic (exact) mass is 493 g/mol. The molecule has 1 N–H and O–H groups in total. The van der Waals surface area contributed by atoms with Gasteiger partial charge in [0.15, 0.2) is 11.6 Å². The number of rotatable bonds is 8. The van der Waals surface area contributed by atoms with Gasteiger partial charge in [-0.05, 0) is 49.2 Å². The number of sulfonamides is 1. The molecule has 1 aliphatic heterocycles. The summed E-state index contributed by atoms with van der Waals surface area (Å²) in [7, 11) is -4.60. The highest BCUT2D eigenvalue weighted by Crippen LogP contribution is 2.24. The Kier molecular flexibility index (Phi) is 7.52. The smallest absolute Gasteiger partial charge is 0.392 e. The minimum absolute atomic E-state index is 0.187. The van der Waals surface area contributed by atoms with Gasteiger partial charge in [-0.1, -0.05) is 0 Å². The average Bonchev–Trinajstić information content (AvgIpc) is 3.28.